The highest BCUT2D eigenvalue weighted by atomic mass is 16.3. The Bertz CT molecular complexity index is 836. The van der Waals surface area contributed by atoms with Crippen molar-refractivity contribution in [2.24, 2.45) is 0 Å². The van der Waals surface area contributed by atoms with Crippen LogP contribution in [0.4, 0.5) is 0 Å². The van der Waals surface area contributed by atoms with Crippen molar-refractivity contribution < 1.29 is 15.0 Å². The first kappa shape index (κ1) is 53.6. The van der Waals surface area contributed by atoms with Crippen LogP contribution in [0.25, 0.3) is 0 Å². The van der Waals surface area contributed by atoms with E-state index >= 15 is 0 Å². The van der Waals surface area contributed by atoms with E-state index in [4.69, 9.17) is 0 Å². The summed E-state index contributed by atoms with van der Waals surface area (Å²) in [6, 6.07) is -0.641. The van der Waals surface area contributed by atoms with E-state index in [2.05, 4.69) is 43.5 Å². The Kier molecular flexibility index (Phi) is 45.8. The molecule has 0 aliphatic heterocycles. The molecular weight excluding hydrogens is 675 g/mol. The minimum Gasteiger partial charge on any atom is -0.394 e. The first-order valence-corrected chi connectivity index (χ1v) is 24.7. The Morgan fingerprint density at radius 1 is 0.418 bits per heavy atom. The Hall–Kier alpha value is -1.39. The molecule has 0 fully saturated rings. The van der Waals surface area contributed by atoms with Crippen molar-refractivity contribution in [2.45, 2.75) is 276 Å². The van der Waals surface area contributed by atoms with Crippen LogP contribution in [0.5, 0.6) is 0 Å². The monoisotopic (exact) mass is 772 g/mol. The van der Waals surface area contributed by atoms with Gasteiger partial charge in [-0.05, 0) is 57.8 Å². The van der Waals surface area contributed by atoms with Crippen LogP contribution in [0, 0.1) is 0 Å². The van der Waals surface area contributed by atoms with Crippen LogP contribution in [-0.4, -0.2) is 34.9 Å². The summed E-state index contributed by atoms with van der Waals surface area (Å²) in [6.45, 7) is 4.32. The predicted octanol–water partition coefficient (Wildman–Crippen LogP) is 15.7. The largest absolute Gasteiger partial charge is 0.394 e. The minimum atomic E-state index is -0.863. The van der Waals surface area contributed by atoms with E-state index in [0.29, 0.717) is 6.42 Å². The summed E-state index contributed by atoms with van der Waals surface area (Å²) in [5.74, 6) is -0.0757. The van der Waals surface area contributed by atoms with Gasteiger partial charge in [-0.1, -0.05) is 237 Å². The second-order valence-electron chi connectivity index (χ2n) is 16.9. The topological polar surface area (TPSA) is 69.6 Å². The number of carbonyl (C=O) groups excluding carboxylic acids is 1. The molecular formula is C51H97NO3. The van der Waals surface area contributed by atoms with Crippen LogP contribution in [0.15, 0.2) is 36.5 Å². The number of nitrogens with one attached hydrogen (secondary N) is 1. The van der Waals surface area contributed by atoms with E-state index in [0.717, 1.165) is 32.1 Å². The van der Waals surface area contributed by atoms with Gasteiger partial charge in [0.05, 0.1) is 18.8 Å². The van der Waals surface area contributed by atoms with Gasteiger partial charge in [-0.15, -0.1) is 0 Å². The molecule has 55 heavy (non-hydrogen) atoms. The van der Waals surface area contributed by atoms with Gasteiger partial charge in [0.2, 0.25) is 5.91 Å². The molecule has 0 bridgehead atoms. The van der Waals surface area contributed by atoms with Crippen molar-refractivity contribution in [2.75, 3.05) is 6.61 Å². The lowest BCUT2D eigenvalue weighted by Crippen LogP contribution is -2.45. The molecule has 0 aliphatic rings. The number of allylic oxidation sites excluding steroid dienone is 5. The molecule has 0 aromatic carbocycles. The minimum absolute atomic E-state index is 0.0757. The standard InChI is InChI=1S/C51H97NO3/c1-3-5-7-9-11-13-15-17-19-21-23-25-26-27-29-31-33-35-37-39-41-43-45-47-51(55)52-49(48-53)50(54)46-44-42-40-38-36-34-32-30-28-24-22-20-18-16-14-12-10-8-6-4-2/h27,29,36,38,44,46,49-50,53-54H,3-26,28,30-35,37,39-43,45,47-48H2,1-2H3,(H,52,55)/b29-27-,38-36+,46-44+. The molecule has 2 atom stereocenters. The highest BCUT2D eigenvalue weighted by Gasteiger charge is 2.17. The van der Waals surface area contributed by atoms with Crippen LogP contribution in [0.1, 0.15) is 264 Å². The fourth-order valence-electron chi connectivity index (χ4n) is 7.54. The molecule has 0 spiro atoms. The number of hydrogen-bond acceptors (Lipinski definition) is 3. The zero-order valence-electron chi connectivity index (χ0n) is 37.2. The van der Waals surface area contributed by atoms with Crippen molar-refractivity contribution in [1.29, 1.82) is 0 Å². The zero-order chi connectivity index (χ0) is 40.0. The van der Waals surface area contributed by atoms with E-state index in [1.54, 1.807) is 6.08 Å². The molecule has 0 radical (unpaired) electrons. The molecule has 0 aromatic rings. The lowest BCUT2D eigenvalue weighted by molar-refractivity contribution is -0.123. The van der Waals surface area contributed by atoms with Crippen LogP contribution >= 0.6 is 0 Å². The predicted molar refractivity (Wildman–Crippen MR) is 244 cm³/mol. The quantitative estimate of drug-likeness (QED) is 0.0426. The summed E-state index contributed by atoms with van der Waals surface area (Å²) in [7, 11) is 0. The number of hydrogen-bond donors (Lipinski definition) is 3. The number of carbonyl (C=O) groups is 1. The van der Waals surface area contributed by atoms with Gasteiger partial charge < -0.3 is 15.5 Å². The van der Waals surface area contributed by atoms with E-state index in [1.807, 2.05) is 6.08 Å². The average molecular weight is 772 g/mol. The number of rotatable bonds is 45. The van der Waals surface area contributed by atoms with Crippen molar-refractivity contribution >= 4 is 5.91 Å². The van der Waals surface area contributed by atoms with E-state index in [9.17, 15) is 15.0 Å². The van der Waals surface area contributed by atoms with Gasteiger partial charge in [0.15, 0.2) is 0 Å². The highest BCUT2D eigenvalue weighted by molar-refractivity contribution is 5.76. The van der Waals surface area contributed by atoms with Gasteiger partial charge in [0.1, 0.15) is 0 Å². The smallest absolute Gasteiger partial charge is 0.220 e. The van der Waals surface area contributed by atoms with Gasteiger partial charge in [0.25, 0.3) is 0 Å². The molecule has 0 rings (SSSR count). The first-order chi connectivity index (χ1) is 27.2. The molecule has 3 N–H and O–H groups in total. The molecule has 324 valence electrons. The zero-order valence-corrected chi connectivity index (χ0v) is 37.2. The maximum absolute atomic E-state index is 12.4. The number of aliphatic hydroxyl groups is 2. The highest BCUT2D eigenvalue weighted by Crippen LogP contribution is 2.15. The maximum Gasteiger partial charge on any atom is 0.220 e. The van der Waals surface area contributed by atoms with Crippen molar-refractivity contribution in [3.05, 3.63) is 36.5 Å². The molecule has 4 nitrogen and oxygen atoms in total. The second-order valence-corrected chi connectivity index (χ2v) is 16.9. The second kappa shape index (κ2) is 47.0. The number of amides is 1. The maximum atomic E-state index is 12.4. The Labute approximate surface area is 344 Å². The Morgan fingerprint density at radius 2 is 0.709 bits per heavy atom. The molecule has 2 unspecified atom stereocenters. The van der Waals surface area contributed by atoms with Gasteiger partial charge in [-0.25, -0.2) is 0 Å². The van der Waals surface area contributed by atoms with E-state index in [1.165, 1.54) is 212 Å². The van der Waals surface area contributed by atoms with Gasteiger partial charge in [0, 0.05) is 6.42 Å². The molecule has 0 saturated heterocycles. The summed E-state index contributed by atoms with van der Waals surface area (Å²) in [5, 5.41) is 23.1. The van der Waals surface area contributed by atoms with Crippen LogP contribution in [0.3, 0.4) is 0 Å². The number of aliphatic hydroxyl groups excluding tert-OH is 2. The van der Waals surface area contributed by atoms with Crippen LogP contribution < -0.4 is 5.32 Å². The van der Waals surface area contributed by atoms with Crippen molar-refractivity contribution in [3.8, 4) is 0 Å². The Morgan fingerprint density at radius 3 is 1.05 bits per heavy atom. The fraction of sp³-hybridized carbons (Fsp3) is 0.863. The molecule has 0 heterocycles. The van der Waals surface area contributed by atoms with Crippen molar-refractivity contribution in [1.82, 2.24) is 5.32 Å². The molecule has 0 saturated carbocycles. The molecule has 0 aromatic heterocycles. The van der Waals surface area contributed by atoms with Crippen molar-refractivity contribution in [3.63, 3.8) is 0 Å². The summed E-state index contributed by atoms with van der Waals surface area (Å²) in [5.41, 5.74) is 0. The third kappa shape index (κ3) is 43.6. The van der Waals surface area contributed by atoms with Crippen LogP contribution in [0.2, 0.25) is 0 Å². The molecule has 4 heteroatoms. The SMILES string of the molecule is CCCCCCCCCCCCCC/C=C\CCCCCCCCCC(=O)NC(CO)C(O)/C=C/CC/C=C/CCCCCCCCCCCCCCCC. The van der Waals surface area contributed by atoms with Gasteiger partial charge in [-0.2, -0.15) is 0 Å². The average Bonchev–Trinajstić information content (AvgIpc) is 3.19. The fourth-order valence-corrected chi connectivity index (χ4v) is 7.54. The lowest BCUT2D eigenvalue weighted by atomic mass is 10.0. The van der Waals surface area contributed by atoms with Gasteiger partial charge in [-0.3, -0.25) is 4.79 Å². The lowest BCUT2D eigenvalue weighted by Gasteiger charge is -2.19. The Balaban J connectivity index is 3.57. The normalized spacial score (nSPS) is 13.2. The summed E-state index contributed by atoms with van der Waals surface area (Å²) in [6.07, 6.45) is 62.8. The number of unbranched alkanes of at least 4 members (excludes halogenated alkanes) is 34. The van der Waals surface area contributed by atoms with Gasteiger partial charge >= 0.3 is 0 Å². The molecule has 0 aliphatic carbocycles. The van der Waals surface area contributed by atoms with E-state index < -0.39 is 12.1 Å². The third-order valence-corrected chi connectivity index (χ3v) is 11.3. The first-order valence-electron chi connectivity index (χ1n) is 24.7. The summed E-state index contributed by atoms with van der Waals surface area (Å²) < 4.78 is 0. The van der Waals surface area contributed by atoms with E-state index in [-0.39, 0.29) is 12.5 Å². The third-order valence-electron chi connectivity index (χ3n) is 11.3. The van der Waals surface area contributed by atoms with Crippen LogP contribution in [-0.2, 0) is 4.79 Å². The molecule has 1 amide bonds. The summed E-state index contributed by atoms with van der Waals surface area (Å²) in [4.78, 5) is 12.4. The summed E-state index contributed by atoms with van der Waals surface area (Å²) >= 11 is 0.